The lowest BCUT2D eigenvalue weighted by Crippen LogP contribution is -2.33. The molecule has 3 rings (SSSR count). The van der Waals surface area contributed by atoms with Gasteiger partial charge in [0.05, 0.1) is 6.61 Å². The van der Waals surface area contributed by atoms with E-state index in [1.165, 1.54) is 22.9 Å². The zero-order valence-corrected chi connectivity index (χ0v) is 10.8. The third-order valence-corrected chi connectivity index (χ3v) is 3.92. The average molecular weight is 244 g/mol. The minimum absolute atomic E-state index is 0.523. The zero-order valence-electron chi connectivity index (χ0n) is 10.8. The van der Waals surface area contributed by atoms with Gasteiger partial charge in [-0.25, -0.2) is 0 Å². The van der Waals surface area contributed by atoms with Crippen molar-refractivity contribution in [2.75, 3.05) is 13.2 Å². The molecule has 2 unspecified atom stereocenters. The number of rotatable bonds is 4. The van der Waals surface area contributed by atoms with E-state index >= 15 is 0 Å². The van der Waals surface area contributed by atoms with Gasteiger partial charge in [0, 0.05) is 30.9 Å². The SMILES string of the molecule is CC(NCc1ccc2[nH]ccc2c1)C1CCOC1. The highest BCUT2D eigenvalue weighted by molar-refractivity contribution is 5.79. The molecule has 0 spiro atoms. The molecule has 1 fully saturated rings. The van der Waals surface area contributed by atoms with Crippen LogP contribution in [0.25, 0.3) is 10.9 Å². The number of aromatic amines is 1. The Labute approximate surface area is 108 Å². The maximum Gasteiger partial charge on any atom is 0.0509 e. The minimum atomic E-state index is 0.523. The Morgan fingerprint density at radius 1 is 1.44 bits per heavy atom. The number of fused-ring (bicyclic) bond motifs is 1. The van der Waals surface area contributed by atoms with Gasteiger partial charge in [0.25, 0.3) is 0 Å². The van der Waals surface area contributed by atoms with Crippen molar-refractivity contribution >= 4 is 10.9 Å². The summed E-state index contributed by atoms with van der Waals surface area (Å²) in [5.41, 5.74) is 2.55. The first-order valence-corrected chi connectivity index (χ1v) is 6.70. The van der Waals surface area contributed by atoms with Crippen LogP contribution in [-0.2, 0) is 11.3 Å². The Morgan fingerprint density at radius 3 is 3.22 bits per heavy atom. The molecule has 1 saturated heterocycles. The summed E-state index contributed by atoms with van der Waals surface area (Å²) in [6.07, 6.45) is 3.17. The van der Waals surface area contributed by atoms with Gasteiger partial charge in [-0.2, -0.15) is 0 Å². The molecule has 0 bridgehead atoms. The second kappa shape index (κ2) is 5.12. The van der Waals surface area contributed by atoms with Crippen molar-refractivity contribution in [3.63, 3.8) is 0 Å². The lowest BCUT2D eigenvalue weighted by Gasteiger charge is -2.19. The monoisotopic (exact) mass is 244 g/mol. The molecule has 1 aromatic carbocycles. The van der Waals surface area contributed by atoms with Crippen LogP contribution >= 0.6 is 0 Å². The number of nitrogens with one attached hydrogen (secondary N) is 2. The van der Waals surface area contributed by atoms with E-state index in [1.807, 2.05) is 6.20 Å². The highest BCUT2D eigenvalue weighted by atomic mass is 16.5. The number of H-pyrrole nitrogens is 1. The second-order valence-electron chi connectivity index (χ2n) is 5.19. The predicted octanol–water partition coefficient (Wildman–Crippen LogP) is 2.68. The topological polar surface area (TPSA) is 37.0 Å². The fourth-order valence-corrected chi connectivity index (χ4v) is 2.61. The lowest BCUT2D eigenvalue weighted by molar-refractivity contribution is 0.178. The second-order valence-corrected chi connectivity index (χ2v) is 5.19. The molecule has 2 N–H and O–H groups in total. The maximum atomic E-state index is 5.43. The fraction of sp³-hybridized carbons (Fsp3) is 0.467. The van der Waals surface area contributed by atoms with Crippen LogP contribution in [0.5, 0.6) is 0 Å². The first kappa shape index (κ1) is 11.8. The molecule has 0 radical (unpaired) electrons. The molecule has 1 aromatic heterocycles. The van der Waals surface area contributed by atoms with E-state index in [1.54, 1.807) is 0 Å². The highest BCUT2D eigenvalue weighted by Crippen LogP contribution is 2.18. The van der Waals surface area contributed by atoms with Gasteiger partial charge in [0.15, 0.2) is 0 Å². The summed E-state index contributed by atoms with van der Waals surface area (Å²) in [7, 11) is 0. The summed E-state index contributed by atoms with van der Waals surface area (Å²) < 4.78 is 5.43. The summed E-state index contributed by atoms with van der Waals surface area (Å²) in [4.78, 5) is 3.22. The van der Waals surface area contributed by atoms with E-state index < -0.39 is 0 Å². The van der Waals surface area contributed by atoms with Gasteiger partial charge in [-0.15, -0.1) is 0 Å². The van der Waals surface area contributed by atoms with Crippen molar-refractivity contribution in [1.82, 2.24) is 10.3 Å². The van der Waals surface area contributed by atoms with Crippen LogP contribution in [0.4, 0.5) is 0 Å². The first-order chi connectivity index (χ1) is 8.83. The minimum Gasteiger partial charge on any atom is -0.381 e. The Kier molecular flexibility index (Phi) is 3.35. The average Bonchev–Trinajstić information content (AvgIpc) is 3.05. The van der Waals surface area contributed by atoms with Crippen LogP contribution < -0.4 is 5.32 Å². The number of hydrogen-bond donors (Lipinski definition) is 2. The van der Waals surface area contributed by atoms with Crippen molar-refractivity contribution < 1.29 is 4.74 Å². The molecule has 0 amide bonds. The van der Waals surface area contributed by atoms with E-state index in [0.717, 1.165) is 19.8 Å². The van der Waals surface area contributed by atoms with Crippen LogP contribution in [0.3, 0.4) is 0 Å². The first-order valence-electron chi connectivity index (χ1n) is 6.70. The third kappa shape index (κ3) is 2.42. The van der Waals surface area contributed by atoms with Gasteiger partial charge < -0.3 is 15.0 Å². The van der Waals surface area contributed by atoms with E-state index in [4.69, 9.17) is 4.74 Å². The molecule has 3 heteroatoms. The van der Waals surface area contributed by atoms with Crippen LogP contribution in [0.15, 0.2) is 30.5 Å². The molecule has 0 saturated carbocycles. The normalized spacial score (nSPS) is 21.5. The molecule has 1 aliphatic rings. The molecular weight excluding hydrogens is 224 g/mol. The van der Waals surface area contributed by atoms with E-state index in [9.17, 15) is 0 Å². The molecule has 2 aromatic rings. The van der Waals surface area contributed by atoms with Gasteiger partial charge in [-0.1, -0.05) is 6.07 Å². The summed E-state index contributed by atoms with van der Waals surface area (Å²) in [6, 6.07) is 9.22. The van der Waals surface area contributed by atoms with Gasteiger partial charge in [-0.3, -0.25) is 0 Å². The van der Waals surface area contributed by atoms with Crippen LogP contribution in [0.2, 0.25) is 0 Å². The van der Waals surface area contributed by atoms with Crippen molar-refractivity contribution in [1.29, 1.82) is 0 Å². The molecule has 18 heavy (non-hydrogen) atoms. The molecule has 0 aliphatic carbocycles. The third-order valence-electron chi connectivity index (χ3n) is 3.92. The lowest BCUT2D eigenvalue weighted by atomic mass is 10.0. The van der Waals surface area contributed by atoms with Crippen molar-refractivity contribution in [3.8, 4) is 0 Å². The Hall–Kier alpha value is -1.32. The summed E-state index contributed by atoms with van der Waals surface area (Å²) in [6.45, 7) is 5.02. The molecular formula is C15H20N2O. The summed E-state index contributed by atoms with van der Waals surface area (Å²) in [5, 5.41) is 4.89. The molecule has 2 atom stereocenters. The Balaban J connectivity index is 1.61. The van der Waals surface area contributed by atoms with Crippen molar-refractivity contribution in [3.05, 3.63) is 36.0 Å². The Bertz CT molecular complexity index is 514. The van der Waals surface area contributed by atoms with Crippen LogP contribution in [0, 0.1) is 5.92 Å². The highest BCUT2D eigenvalue weighted by Gasteiger charge is 2.21. The van der Waals surface area contributed by atoms with Crippen molar-refractivity contribution in [2.45, 2.75) is 25.9 Å². The molecule has 2 heterocycles. The largest absolute Gasteiger partial charge is 0.381 e. The number of ether oxygens (including phenoxy) is 1. The van der Waals surface area contributed by atoms with Gasteiger partial charge >= 0.3 is 0 Å². The van der Waals surface area contributed by atoms with E-state index in [0.29, 0.717) is 12.0 Å². The van der Waals surface area contributed by atoms with Crippen molar-refractivity contribution in [2.24, 2.45) is 5.92 Å². The number of hydrogen-bond acceptors (Lipinski definition) is 2. The van der Waals surface area contributed by atoms with E-state index in [2.05, 4.69) is 41.5 Å². The van der Waals surface area contributed by atoms with E-state index in [-0.39, 0.29) is 0 Å². The van der Waals surface area contributed by atoms with Gasteiger partial charge in [0.1, 0.15) is 0 Å². The predicted molar refractivity (Wildman–Crippen MR) is 73.5 cm³/mol. The molecule has 1 aliphatic heterocycles. The standard InChI is InChI=1S/C15H20N2O/c1-11(14-5-7-18-10-14)17-9-12-2-3-15-13(8-12)4-6-16-15/h2-4,6,8,11,14,16-17H,5,7,9-10H2,1H3. The fourth-order valence-electron chi connectivity index (χ4n) is 2.61. The number of aromatic nitrogens is 1. The summed E-state index contributed by atoms with van der Waals surface area (Å²) in [5.74, 6) is 0.668. The van der Waals surface area contributed by atoms with Crippen LogP contribution in [-0.4, -0.2) is 24.2 Å². The quantitative estimate of drug-likeness (QED) is 0.867. The molecule has 3 nitrogen and oxygen atoms in total. The molecule has 96 valence electrons. The van der Waals surface area contributed by atoms with Crippen LogP contribution in [0.1, 0.15) is 18.9 Å². The number of benzene rings is 1. The van der Waals surface area contributed by atoms with Gasteiger partial charge in [-0.05, 0) is 48.4 Å². The Morgan fingerprint density at radius 2 is 2.39 bits per heavy atom. The van der Waals surface area contributed by atoms with Gasteiger partial charge in [0.2, 0.25) is 0 Å². The smallest absolute Gasteiger partial charge is 0.0509 e. The maximum absolute atomic E-state index is 5.43. The zero-order chi connectivity index (χ0) is 12.4. The summed E-state index contributed by atoms with van der Waals surface area (Å²) >= 11 is 0.